The monoisotopic (exact) mass is 264 g/mol. The lowest BCUT2D eigenvalue weighted by atomic mass is 10.3. The van der Waals surface area contributed by atoms with E-state index in [1.54, 1.807) is 23.7 Å². The summed E-state index contributed by atoms with van der Waals surface area (Å²) >= 11 is 0. The fraction of sp³-hybridized carbons (Fsp3) is 0.571. The van der Waals surface area contributed by atoms with Crippen LogP contribution in [0.3, 0.4) is 0 Å². The predicted molar refractivity (Wildman–Crippen MR) is 79.6 cm³/mol. The number of rotatable bonds is 6. The van der Waals surface area contributed by atoms with Gasteiger partial charge in [-0.25, -0.2) is 0 Å². The van der Waals surface area contributed by atoms with E-state index in [0.717, 1.165) is 31.9 Å². The predicted octanol–water partition coefficient (Wildman–Crippen LogP) is 1.20. The van der Waals surface area contributed by atoms with Crippen molar-refractivity contribution in [3.05, 3.63) is 34.7 Å². The smallest absolute Gasteiger partial charge is 0.250 e. The molecule has 0 bridgehead atoms. The second kappa shape index (κ2) is 8.34. The minimum absolute atomic E-state index is 0.0627. The van der Waals surface area contributed by atoms with Crippen LogP contribution in [0.25, 0.3) is 0 Å². The highest BCUT2D eigenvalue weighted by atomic mass is 16.1. The average Bonchev–Trinajstić information content (AvgIpc) is 2.38. The largest absolute Gasteiger partial charge is 0.356 e. The van der Waals surface area contributed by atoms with Crippen LogP contribution >= 0.6 is 0 Å². The first-order chi connectivity index (χ1) is 9.13. The third kappa shape index (κ3) is 6.08. The van der Waals surface area contributed by atoms with Crippen LogP contribution in [-0.4, -0.2) is 30.2 Å². The van der Waals surface area contributed by atoms with Gasteiger partial charge in [-0.2, -0.15) is 0 Å². The van der Waals surface area contributed by atoms with Gasteiger partial charge in [0.1, 0.15) is 0 Å². The number of aliphatic imine (C=N–C) groups is 1. The first-order valence-corrected chi connectivity index (χ1v) is 6.76. The van der Waals surface area contributed by atoms with Crippen molar-refractivity contribution < 1.29 is 0 Å². The molecule has 5 heteroatoms. The molecule has 1 rings (SSSR count). The summed E-state index contributed by atoms with van der Waals surface area (Å²) in [5, 5.41) is 6.48. The van der Waals surface area contributed by atoms with E-state index in [0.29, 0.717) is 6.04 Å². The molecule has 0 unspecified atom stereocenters. The van der Waals surface area contributed by atoms with Crippen molar-refractivity contribution >= 4 is 5.96 Å². The van der Waals surface area contributed by atoms with Gasteiger partial charge in [-0.15, -0.1) is 0 Å². The maximum Gasteiger partial charge on any atom is 0.250 e. The van der Waals surface area contributed by atoms with Gasteiger partial charge in [-0.3, -0.25) is 9.79 Å². The highest BCUT2D eigenvalue weighted by molar-refractivity contribution is 5.79. The summed E-state index contributed by atoms with van der Waals surface area (Å²) in [5.74, 6) is 0.826. The van der Waals surface area contributed by atoms with E-state index in [2.05, 4.69) is 29.5 Å². The Hall–Kier alpha value is -1.78. The molecule has 0 atom stereocenters. The number of pyridine rings is 1. The van der Waals surface area contributed by atoms with Gasteiger partial charge in [-0.05, 0) is 32.8 Å². The zero-order chi connectivity index (χ0) is 14.1. The molecular formula is C14H24N4O. The fourth-order valence-corrected chi connectivity index (χ4v) is 1.73. The highest BCUT2D eigenvalue weighted by Crippen LogP contribution is 1.92. The van der Waals surface area contributed by atoms with Crippen molar-refractivity contribution in [2.75, 3.05) is 13.6 Å². The van der Waals surface area contributed by atoms with Crippen LogP contribution < -0.4 is 16.2 Å². The Morgan fingerprint density at radius 3 is 2.79 bits per heavy atom. The summed E-state index contributed by atoms with van der Waals surface area (Å²) in [7, 11) is 1.77. The molecule has 19 heavy (non-hydrogen) atoms. The number of nitrogens with one attached hydrogen (secondary N) is 2. The van der Waals surface area contributed by atoms with Crippen molar-refractivity contribution in [2.24, 2.45) is 4.99 Å². The Labute approximate surface area is 114 Å². The Morgan fingerprint density at radius 1 is 1.37 bits per heavy atom. The van der Waals surface area contributed by atoms with Gasteiger partial charge in [0.05, 0.1) is 0 Å². The van der Waals surface area contributed by atoms with Gasteiger partial charge in [0.25, 0.3) is 0 Å². The zero-order valence-corrected chi connectivity index (χ0v) is 12.0. The molecule has 0 aliphatic heterocycles. The lowest BCUT2D eigenvalue weighted by Crippen LogP contribution is -2.41. The van der Waals surface area contributed by atoms with Gasteiger partial charge in [-0.1, -0.05) is 6.07 Å². The lowest BCUT2D eigenvalue weighted by molar-refractivity contribution is 0.583. The van der Waals surface area contributed by atoms with Crippen LogP contribution in [0.5, 0.6) is 0 Å². The summed E-state index contributed by atoms with van der Waals surface area (Å²) in [5.41, 5.74) is 0.0627. The van der Waals surface area contributed by atoms with Crippen LogP contribution in [-0.2, 0) is 6.54 Å². The molecular weight excluding hydrogens is 240 g/mol. The van der Waals surface area contributed by atoms with E-state index < -0.39 is 0 Å². The van der Waals surface area contributed by atoms with Crippen molar-refractivity contribution in [2.45, 2.75) is 39.3 Å². The number of hydrogen-bond donors (Lipinski definition) is 2. The SMILES string of the molecule is CN=C(NCCCCn1ccccc1=O)NC(C)C. The number of nitrogens with zero attached hydrogens (tertiary/aromatic N) is 2. The van der Waals surface area contributed by atoms with Gasteiger partial charge in [0.2, 0.25) is 5.56 Å². The maximum atomic E-state index is 11.5. The van der Waals surface area contributed by atoms with Gasteiger partial charge in [0, 0.05) is 38.4 Å². The number of aryl methyl sites for hydroxylation is 1. The van der Waals surface area contributed by atoms with Crippen molar-refractivity contribution in [3.8, 4) is 0 Å². The van der Waals surface area contributed by atoms with Gasteiger partial charge >= 0.3 is 0 Å². The molecule has 2 N–H and O–H groups in total. The van der Waals surface area contributed by atoms with Crippen molar-refractivity contribution in [3.63, 3.8) is 0 Å². The average molecular weight is 264 g/mol. The van der Waals surface area contributed by atoms with Crippen LogP contribution in [0.2, 0.25) is 0 Å². The summed E-state index contributed by atoms with van der Waals surface area (Å²) < 4.78 is 1.74. The van der Waals surface area contributed by atoms with Gasteiger partial charge < -0.3 is 15.2 Å². The molecule has 0 fully saturated rings. The molecule has 0 saturated heterocycles. The quantitative estimate of drug-likeness (QED) is 0.461. The molecule has 0 spiro atoms. The minimum Gasteiger partial charge on any atom is -0.356 e. The van der Waals surface area contributed by atoms with E-state index in [1.807, 2.05) is 12.3 Å². The second-order valence-corrected chi connectivity index (χ2v) is 4.74. The molecule has 106 valence electrons. The molecule has 0 aliphatic rings. The minimum atomic E-state index is 0.0627. The highest BCUT2D eigenvalue weighted by Gasteiger charge is 1.99. The molecule has 0 radical (unpaired) electrons. The molecule has 0 saturated carbocycles. The molecule has 0 aliphatic carbocycles. The number of guanidine groups is 1. The zero-order valence-electron chi connectivity index (χ0n) is 12.0. The fourth-order valence-electron chi connectivity index (χ4n) is 1.73. The summed E-state index contributed by atoms with van der Waals surface area (Å²) in [4.78, 5) is 15.6. The molecule has 0 aromatic carbocycles. The lowest BCUT2D eigenvalue weighted by Gasteiger charge is -2.14. The Balaban J connectivity index is 2.21. The third-order valence-corrected chi connectivity index (χ3v) is 2.67. The first-order valence-electron chi connectivity index (χ1n) is 6.76. The van der Waals surface area contributed by atoms with Crippen molar-refractivity contribution in [1.82, 2.24) is 15.2 Å². The van der Waals surface area contributed by atoms with E-state index in [-0.39, 0.29) is 5.56 Å². The van der Waals surface area contributed by atoms with Crippen LogP contribution in [0, 0.1) is 0 Å². The van der Waals surface area contributed by atoms with E-state index >= 15 is 0 Å². The van der Waals surface area contributed by atoms with Crippen LogP contribution in [0.1, 0.15) is 26.7 Å². The number of hydrogen-bond acceptors (Lipinski definition) is 2. The topological polar surface area (TPSA) is 58.4 Å². The molecule has 1 aromatic rings. The second-order valence-electron chi connectivity index (χ2n) is 4.74. The Bertz CT molecular complexity index is 451. The molecule has 1 heterocycles. The number of aromatic nitrogens is 1. The van der Waals surface area contributed by atoms with E-state index in [1.165, 1.54) is 0 Å². The standard InChI is InChI=1S/C14H24N4O/c1-12(2)17-14(15-3)16-9-5-7-11-18-10-6-4-8-13(18)19/h4,6,8,10,12H,5,7,9,11H2,1-3H3,(H2,15,16,17). The van der Waals surface area contributed by atoms with Gasteiger partial charge in [0.15, 0.2) is 5.96 Å². The van der Waals surface area contributed by atoms with E-state index in [4.69, 9.17) is 0 Å². The summed E-state index contributed by atoms with van der Waals surface area (Å²) in [6.07, 6.45) is 3.80. The number of unbranched alkanes of at least 4 members (excludes halogenated alkanes) is 1. The van der Waals surface area contributed by atoms with Crippen LogP contribution in [0.4, 0.5) is 0 Å². The normalized spacial score (nSPS) is 11.7. The Kier molecular flexibility index (Phi) is 6.71. The summed E-state index contributed by atoms with van der Waals surface area (Å²) in [6.45, 7) is 5.77. The van der Waals surface area contributed by atoms with Crippen molar-refractivity contribution in [1.29, 1.82) is 0 Å². The van der Waals surface area contributed by atoms with E-state index in [9.17, 15) is 4.79 Å². The third-order valence-electron chi connectivity index (χ3n) is 2.67. The molecule has 5 nitrogen and oxygen atoms in total. The first kappa shape index (κ1) is 15.3. The Morgan fingerprint density at radius 2 is 2.16 bits per heavy atom. The molecule has 1 aromatic heterocycles. The van der Waals surface area contributed by atoms with Crippen LogP contribution in [0.15, 0.2) is 34.2 Å². The maximum absolute atomic E-state index is 11.5. The molecule has 0 amide bonds. The summed E-state index contributed by atoms with van der Waals surface area (Å²) in [6, 6.07) is 5.61.